The van der Waals surface area contributed by atoms with Crippen molar-refractivity contribution in [2.75, 3.05) is 67.2 Å². The van der Waals surface area contributed by atoms with Gasteiger partial charge < -0.3 is 24.4 Å². The first-order chi connectivity index (χ1) is 13.6. The highest BCUT2D eigenvalue weighted by atomic mass is 16.5. The number of rotatable bonds is 7. The van der Waals surface area contributed by atoms with Crippen molar-refractivity contribution in [1.29, 1.82) is 0 Å². The van der Waals surface area contributed by atoms with E-state index in [1.165, 1.54) is 0 Å². The van der Waals surface area contributed by atoms with E-state index in [1.807, 2.05) is 23.1 Å². The minimum atomic E-state index is -0.359. The highest BCUT2D eigenvalue weighted by Gasteiger charge is 2.42. The van der Waals surface area contributed by atoms with Gasteiger partial charge in [0.1, 0.15) is 11.5 Å². The summed E-state index contributed by atoms with van der Waals surface area (Å²) in [5, 5.41) is 3.35. The van der Waals surface area contributed by atoms with Crippen molar-refractivity contribution >= 4 is 5.91 Å². The van der Waals surface area contributed by atoms with Crippen LogP contribution in [0.2, 0.25) is 0 Å². The summed E-state index contributed by atoms with van der Waals surface area (Å²) in [5.74, 6) is 1.87. The smallest absolute Gasteiger partial charge is 0.231 e. The molecule has 2 aliphatic rings. The van der Waals surface area contributed by atoms with Crippen LogP contribution in [0.15, 0.2) is 18.2 Å². The van der Waals surface area contributed by atoms with E-state index in [2.05, 4.69) is 10.2 Å². The third-order valence-corrected chi connectivity index (χ3v) is 5.91. The number of benzene rings is 1. The van der Waals surface area contributed by atoms with Crippen LogP contribution in [-0.4, -0.2) is 82.9 Å². The predicted molar refractivity (Wildman–Crippen MR) is 108 cm³/mol. The van der Waals surface area contributed by atoms with Gasteiger partial charge in [-0.3, -0.25) is 9.69 Å². The fourth-order valence-electron chi connectivity index (χ4n) is 4.26. The van der Waals surface area contributed by atoms with Crippen molar-refractivity contribution < 1.29 is 19.0 Å². The van der Waals surface area contributed by atoms with Crippen LogP contribution in [0.5, 0.6) is 11.5 Å². The van der Waals surface area contributed by atoms with Crippen LogP contribution in [0.3, 0.4) is 0 Å². The third kappa shape index (κ3) is 4.77. The summed E-state index contributed by atoms with van der Waals surface area (Å²) in [6.45, 7) is 6.36. The molecule has 0 bridgehead atoms. The minimum absolute atomic E-state index is 0.263. The van der Waals surface area contributed by atoms with E-state index < -0.39 is 0 Å². The lowest BCUT2D eigenvalue weighted by Crippen LogP contribution is -2.56. The minimum Gasteiger partial charge on any atom is -0.497 e. The number of piperazine rings is 1. The van der Waals surface area contributed by atoms with E-state index in [0.29, 0.717) is 6.61 Å². The molecule has 1 aromatic rings. The lowest BCUT2D eigenvalue weighted by molar-refractivity contribution is -0.149. The van der Waals surface area contributed by atoms with Gasteiger partial charge in [-0.05, 0) is 43.6 Å². The number of hydrogen-bond donors (Lipinski definition) is 1. The van der Waals surface area contributed by atoms with Crippen molar-refractivity contribution in [3.63, 3.8) is 0 Å². The van der Waals surface area contributed by atoms with Crippen LogP contribution in [0.1, 0.15) is 18.4 Å². The second-order valence-electron chi connectivity index (χ2n) is 7.75. The summed E-state index contributed by atoms with van der Waals surface area (Å²) < 4.78 is 16.2. The van der Waals surface area contributed by atoms with Gasteiger partial charge in [0, 0.05) is 45.9 Å². The van der Waals surface area contributed by atoms with Crippen molar-refractivity contribution in [3.8, 4) is 11.5 Å². The summed E-state index contributed by atoms with van der Waals surface area (Å²) in [6.07, 6.45) is 1.70. The van der Waals surface area contributed by atoms with E-state index in [4.69, 9.17) is 14.2 Å². The summed E-state index contributed by atoms with van der Waals surface area (Å²) >= 11 is 0. The first-order valence-electron chi connectivity index (χ1n) is 10.0. The molecule has 0 radical (unpaired) electrons. The Kier molecular flexibility index (Phi) is 7.15. The van der Waals surface area contributed by atoms with Crippen LogP contribution >= 0.6 is 0 Å². The topological polar surface area (TPSA) is 63.3 Å². The van der Waals surface area contributed by atoms with Gasteiger partial charge in [0.25, 0.3) is 0 Å². The van der Waals surface area contributed by atoms with Gasteiger partial charge >= 0.3 is 0 Å². The molecule has 0 atom stereocenters. The Hall–Kier alpha value is -1.83. The van der Waals surface area contributed by atoms with Crippen molar-refractivity contribution in [1.82, 2.24) is 15.1 Å². The Morgan fingerprint density at radius 1 is 1.00 bits per heavy atom. The van der Waals surface area contributed by atoms with Gasteiger partial charge in [-0.1, -0.05) is 0 Å². The summed E-state index contributed by atoms with van der Waals surface area (Å²) in [4.78, 5) is 17.7. The van der Waals surface area contributed by atoms with Crippen LogP contribution in [0, 0.1) is 5.41 Å². The van der Waals surface area contributed by atoms with E-state index >= 15 is 0 Å². The first kappa shape index (κ1) is 20.9. The molecule has 1 aromatic carbocycles. The SMILES string of the molecule is COCC1(C(=O)N2CCN(Cc3cc(OC)cc(OC)c3)CC2)CCNCC1. The van der Waals surface area contributed by atoms with Crippen molar-refractivity contribution in [2.45, 2.75) is 19.4 Å². The maximum absolute atomic E-state index is 13.3. The zero-order valence-electron chi connectivity index (χ0n) is 17.3. The molecule has 0 aliphatic carbocycles. The van der Waals surface area contributed by atoms with Gasteiger partial charge in [0.15, 0.2) is 0 Å². The lowest BCUT2D eigenvalue weighted by Gasteiger charge is -2.42. The molecular weight excluding hydrogens is 358 g/mol. The molecule has 2 saturated heterocycles. The highest BCUT2D eigenvalue weighted by molar-refractivity contribution is 5.83. The molecule has 0 unspecified atom stereocenters. The van der Waals surface area contributed by atoms with Crippen LogP contribution in [-0.2, 0) is 16.1 Å². The number of nitrogens with one attached hydrogen (secondary N) is 1. The molecule has 2 fully saturated rings. The Morgan fingerprint density at radius 3 is 2.14 bits per heavy atom. The fourth-order valence-corrected chi connectivity index (χ4v) is 4.26. The second-order valence-corrected chi connectivity index (χ2v) is 7.75. The maximum Gasteiger partial charge on any atom is 0.231 e. The van der Waals surface area contributed by atoms with E-state index in [0.717, 1.165) is 75.7 Å². The molecule has 2 aliphatic heterocycles. The molecule has 1 N–H and O–H groups in total. The summed E-state index contributed by atoms with van der Waals surface area (Å²) in [7, 11) is 5.02. The van der Waals surface area contributed by atoms with Gasteiger partial charge in [-0.25, -0.2) is 0 Å². The maximum atomic E-state index is 13.3. The Morgan fingerprint density at radius 2 is 1.61 bits per heavy atom. The standard InChI is InChI=1S/C21H33N3O4/c1-26-16-21(4-6-22-7-5-21)20(25)24-10-8-23(9-11-24)15-17-12-18(27-2)14-19(13-17)28-3/h12-14,22H,4-11,15-16H2,1-3H3. The molecule has 0 aromatic heterocycles. The van der Waals surface area contributed by atoms with Crippen LogP contribution in [0.25, 0.3) is 0 Å². The average Bonchev–Trinajstić information content (AvgIpc) is 2.74. The number of methoxy groups -OCH3 is 3. The molecule has 7 heteroatoms. The summed E-state index contributed by atoms with van der Waals surface area (Å²) in [6, 6.07) is 5.97. The van der Waals surface area contributed by atoms with E-state index in [1.54, 1.807) is 21.3 Å². The molecule has 0 spiro atoms. The number of carbonyl (C=O) groups is 1. The molecule has 1 amide bonds. The van der Waals surface area contributed by atoms with Gasteiger partial charge in [-0.2, -0.15) is 0 Å². The predicted octanol–water partition coefficient (Wildman–Crippen LogP) is 1.36. The molecule has 2 heterocycles. The Bertz CT molecular complexity index is 625. The lowest BCUT2D eigenvalue weighted by atomic mass is 9.78. The zero-order chi connectivity index (χ0) is 20.0. The second kappa shape index (κ2) is 9.58. The van der Waals surface area contributed by atoms with E-state index in [9.17, 15) is 4.79 Å². The summed E-state index contributed by atoms with van der Waals surface area (Å²) in [5.41, 5.74) is 0.799. The van der Waals surface area contributed by atoms with Crippen LogP contribution in [0.4, 0.5) is 0 Å². The number of nitrogens with zero attached hydrogens (tertiary/aromatic N) is 2. The Labute approximate surface area is 167 Å². The largest absolute Gasteiger partial charge is 0.497 e. The highest BCUT2D eigenvalue weighted by Crippen LogP contribution is 2.32. The Balaban J connectivity index is 1.59. The molecule has 156 valence electrons. The van der Waals surface area contributed by atoms with Crippen molar-refractivity contribution in [2.24, 2.45) is 5.41 Å². The van der Waals surface area contributed by atoms with Crippen molar-refractivity contribution in [3.05, 3.63) is 23.8 Å². The van der Waals surface area contributed by atoms with Gasteiger partial charge in [0.05, 0.1) is 26.2 Å². The van der Waals surface area contributed by atoms with E-state index in [-0.39, 0.29) is 11.3 Å². The van der Waals surface area contributed by atoms with Crippen LogP contribution < -0.4 is 14.8 Å². The number of hydrogen-bond acceptors (Lipinski definition) is 6. The number of carbonyl (C=O) groups excluding carboxylic acids is 1. The van der Waals surface area contributed by atoms with Gasteiger partial charge in [-0.15, -0.1) is 0 Å². The monoisotopic (exact) mass is 391 g/mol. The molecule has 28 heavy (non-hydrogen) atoms. The normalized spacial score (nSPS) is 20.0. The number of amides is 1. The fraction of sp³-hybridized carbons (Fsp3) is 0.667. The number of ether oxygens (including phenoxy) is 3. The molecule has 7 nitrogen and oxygen atoms in total. The quantitative estimate of drug-likeness (QED) is 0.757. The first-order valence-corrected chi connectivity index (χ1v) is 10.0. The molecule has 3 rings (SSSR count). The zero-order valence-corrected chi connectivity index (χ0v) is 17.3. The third-order valence-electron chi connectivity index (χ3n) is 5.91. The number of piperidine rings is 1. The average molecular weight is 392 g/mol. The molecule has 0 saturated carbocycles. The van der Waals surface area contributed by atoms with Gasteiger partial charge in [0.2, 0.25) is 5.91 Å². The molecular formula is C21H33N3O4.